The molecule has 1 heterocycles. The summed E-state index contributed by atoms with van der Waals surface area (Å²) in [6.07, 6.45) is 3.60. The molecule has 4 nitrogen and oxygen atoms in total. The highest BCUT2D eigenvalue weighted by atomic mass is 16.6. The van der Waals surface area contributed by atoms with E-state index in [1.165, 1.54) is 0 Å². The summed E-state index contributed by atoms with van der Waals surface area (Å²) in [6.45, 7) is 4.22. The van der Waals surface area contributed by atoms with Crippen LogP contribution in [0.4, 0.5) is 0 Å². The van der Waals surface area contributed by atoms with Crippen molar-refractivity contribution in [2.75, 3.05) is 6.61 Å². The summed E-state index contributed by atoms with van der Waals surface area (Å²) in [4.78, 5) is 0. The van der Waals surface area contributed by atoms with Crippen molar-refractivity contribution in [3.05, 3.63) is 36.9 Å². The highest BCUT2D eigenvalue weighted by molar-refractivity contribution is 5.40. The van der Waals surface area contributed by atoms with Gasteiger partial charge in [0.2, 0.25) is 0 Å². The van der Waals surface area contributed by atoms with Crippen molar-refractivity contribution in [2.45, 2.75) is 25.0 Å². The predicted molar refractivity (Wildman–Crippen MR) is 66.9 cm³/mol. The third kappa shape index (κ3) is 2.78. The van der Waals surface area contributed by atoms with Crippen LogP contribution in [0.3, 0.4) is 0 Å². The van der Waals surface area contributed by atoms with Gasteiger partial charge in [0.15, 0.2) is 11.5 Å². The van der Waals surface area contributed by atoms with Crippen LogP contribution in [0, 0.1) is 0 Å². The molecule has 2 unspecified atom stereocenters. The normalized spacial score (nSPS) is 19.7. The van der Waals surface area contributed by atoms with Crippen molar-refractivity contribution in [1.29, 1.82) is 0 Å². The summed E-state index contributed by atoms with van der Waals surface area (Å²) in [7, 11) is 0. The highest BCUT2D eigenvalue weighted by Gasteiger charge is 2.27. The summed E-state index contributed by atoms with van der Waals surface area (Å²) >= 11 is 0. The van der Waals surface area contributed by atoms with E-state index in [2.05, 4.69) is 12.0 Å². The first kappa shape index (κ1) is 12.0. The molecule has 2 rings (SSSR count). The van der Waals surface area contributed by atoms with Crippen LogP contribution in [-0.4, -0.2) is 18.8 Å². The Labute approximate surface area is 101 Å². The minimum atomic E-state index is -0.0603. The smallest absolute Gasteiger partial charge is 0.161 e. The van der Waals surface area contributed by atoms with E-state index >= 15 is 0 Å². The number of ether oxygens (including phenoxy) is 2. The van der Waals surface area contributed by atoms with Gasteiger partial charge in [0.1, 0.15) is 12.7 Å². The number of para-hydroxylation sites is 2. The van der Waals surface area contributed by atoms with Gasteiger partial charge in [-0.05, 0) is 25.0 Å². The molecule has 1 aliphatic rings. The molecule has 0 radical (unpaired) electrons. The number of rotatable bonds is 5. The monoisotopic (exact) mass is 234 g/mol. The van der Waals surface area contributed by atoms with E-state index in [1.54, 1.807) is 0 Å². The zero-order valence-electron chi connectivity index (χ0n) is 9.76. The molecule has 3 N–H and O–H groups in total. The number of nitrogens with two attached hydrogens (primary N) is 1. The number of fused-ring (bicyclic) bond motifs is 1. The van der Waals surface area contributed by atoms with E-state index in [0.29, 0.717) is 6.61 Å². The van der Waals surface area contributed by atoms with E-state index in [4.69, 9.17) is 15.3 Å². The molecule has 1 aliphatic heterocycles. The quantitative estimate of drug-likeness (QED) is 0.462. The Balaban J connectivity index is 2.02. The lowest BCUT2D eigenvalue weighted by molar-refractivity contribution is 0.0598. The Hall–Kier alpha value is -1.52. The van der Waals surface area contributed by atoms with Crippen LogP contribution in [0.25, 0.3) is 0 Å². The first-order chi connectivity index (χ1) is 8.35. The molecule has 0 saturated heterocycles. The largest absolute Gasteiger partial charge is 0.486 e. The summed E-state index contributed by atoms with van der Waals surface area (Å²) in [5, 5.41) is 0. The molecule has 0 aliphatic carbocycles. The Kier molecular flexibility index (Phi) is 4.01. The zero-order chi connectivity index (χ0) is 12.1. The molecular formula is C13H18N2O2. The molecule has 0 bridgehead atoms. The maximum Gasteiger partial charge on any atom is 0.161 e. The first-order valence-electron chi connectivity index (χ1n) is 5.80. The fourth-order valence-electron chi connectivity index (χ4n) is 1.91. The first-order valence-corrected chi connectivity index (χ1v) is 5.80. The highest BCUT2D eigenvalue weighted by Crippen LogP contribution is 2.31. The third-order valence-electron chi connectivity index (χ3n) is 2.88. The molecule has 0 fully saturated rings. The lowest BCUT2D eigenvalue weighted by Crippen LogP contribution is -2.50. The Morgan fingerprint density at radius 3 is 2.94 bits per heavy atom. The molecule has 2 atom stereocenters. The summed E-state index contributed by atoms with van der Waals surface area (Å²) in [6, 6.07) is 7.74. The van der Waals surface area contributed by atoms with Crippen LogP contribution in [0.1, 0.15) is 12.8 Å². The number of hydrogen-bond acceptors (Lipinski definition) is 4. The summed E-state index contributed by atoms with van der Waals surface area (Å²) in [5.41, 5.74) is 2.78. The van der Waals surface area contributed by atoms with Crippen LogP contribution >= 0.6 is 0 Å². The average Bonchev–Trinajstić information content (AvgIpc) is 2.39. The van der Waals surface area contributed by atoms with E-state index in [0.717, 1.165) is 24.3 Å². The van der Waals surface area contributed by atoms with Gasteiger partial charge in [-0.2, -0.15) is 0 Å². The number of nitrogens with one attached hydrogen (secondary N) is 1. The number of benzene rings is 1. The second kappa shape index (κ2) is 5.70. The van der Waals surface area contributed by atoms with E-state index in [9.17, 15) is 0 Å². The van der Waals surface area contributed by atoms with Crippen molar-refractivity contribution in [3.8, 4) is 11.5 Å². The van der Waals surface area contributed by atoms with Crippen molar-refractivity contribution in [3.63, 3.8) is 0 Å². The van der Waals surface area contributed by atoms with E-state index < -0.39 is 0 Å². The Bertz CT molecular complexity index is 381. The van der Waals surface area contributed by atoms with E-state index in [1.807, 2.05) is 30.3 Å². The van der Waals surface area contributed by atoms with Gasteiger partial charge in [0.05, 0.1) is 6.04 Å². The maximum atomic E-state index is 5.88. The Morgan fingerprint density at radius 1 is 1.47 bits per heavy atom. The molecule has 0 saturated carbocycles. The maximum absolute atomic E-state index is 5.88. The number of hydrogen-bond donors (Lipinski definition) is 2. The topological polar surface area (TPSA) is 56.5 Å². The van der Waals surface area contributed by atoms with Gasteiger partial charge in [-0.1, -0.05) is 18.2 Å². The molecule has 92 valence electrons. The molecule has 17 heavy (non-hydrogen) atoms. The Morgan fingerprint density at radius 2 is 2.24 bits per heavy atom. The fraction of sp³-hybridized carbons (Fsp3) is 0.385. The van der Waals surface area contributed by atoms with Crippen molar-refractivity contribution >= 4 is 0 Å². The van der Waals surface area contributed by atoms with Crippen LogP contribution < -0.4 is 20.7 Å². The van der Waals surface area contributed by atoms with Crippen LogP contribution in [0.15, 0.2) is 36.9 Å². The van der Waals surface area contributed by atoms with Gasteiger partial charge in [-0.15, -0.1) is 6.58 Å². The summed E-state index contributed by atoms with van der Waals surface area (Å²) < 4.78 is 11.5. The average molecular weight is 234 g/mol. The zero-order valence-corrected chi connectivity index (χ0v) is 9.76. The van der Waals surface area contributed by atoms with Gasteiger partial charge in [-0.25, -0.2) is 0 Å². The molecule has 1 aromatic rings. The number of hydrazine groups is 1. The van der Waals surface area contributed by atoms with Gasteiger partial charge < -0.3 is 9.47 Å². The van der Waals surface area contributed by atoms with Gasteiger partial charge in [0.25, 0.3) is 0 Å². The minimum Gasteiger partial charge on any atom is -0.486 e. The second-order valence-electron chi connectivity index (χ2n) is 4.05. The molecule has 0 spiro atoms. The SMILES string of the molecule is C=CCCC(NN)C1COc2ccccc2O1. The van der Waals surface area contributed by atoms with Crippen LogP contribution in [-0.2, 0) is 0 Å². The molecule has 4 heteroatoms. The second-order valence-corrected chi connectivity index (χ2v) is 4.05. The predicted octanol–water partition coefficient (Wildman–Crippen LogP) is 1.62. The lowest BCUT2D eigenvalue weighted by atomic mass is 10.1. The molecule has 0 aromatic heterocycles. The third-order valence-corrected chi connectivity index (χ3v) is 2.88. The fourth-order valence-corrected chi connectivity index (χ4v) is 1.91. The van der Waals surface area contributed by atoms with Gasteiger partial charge in [0, 0.05) is 0 Å². The van der Waals surface area contributed by atoms with Gasteiger partial charge >= 0.3 is 0 Å². The van der Waals surface area contributed by atoms with Crippen molar-refractivity contribution in [1.82, 2.24) is 5.43 Å². The van der Waals surface area contributed by atoms with Crippen molar-refractivity contribution < 1.29 is 9.47 Å². The van der Waals surface area contributed by atoms with Gasteiger partial charge in [-0.3, -0.25) is 11.3 Å². The molecule has 1 aromatic carbocycles. The molecule has 0 amide bonds. The van der Waals surface area contributed by atoms with Crippen LogP contribution in [0.2, 0.25) is 0 Å². The number of allylic oxidation sites excluding steroid dienone is 1. The molecular weight excluding hydrogens is 216 g/mol. The van der Waals surface area contributed by atoms with Crippen LogP contribution in [0.5, 0.6) is 11.5 Å². The summed E-state index contributed by atoms with van der Waals surface area (Å²) in [5.74, 6) is 7.12. The standard InChI is InChI=1S/C13H18N2O2/c1-2-3-6-10(15-14)13-9-16-11-7-4-5-8-12(11)17-13/h2,4-5,7-8,10,13,15H,1,3,6,9,14H2. The van der Waals surface area contributed by atoms with Crippen molar-refractivity contribution in [2.24, 2.45) is 5.84 Å². The lowest BCUT2D eigenvalue weighted by Gasteiger charge is -2.31. The minimum absolute atomic E-state index is 0.0603. The van der Waals surface area contributed by atoms with E-state index in [-0.39, 0.29) is 12.1 Å².